The van der Waals surface area contributed by atoms with Crippen LogP contribution in [0.2, 0.25) is 5.02 Å². The molecule has 80 valence electrons. The second kappa shape index (κ2) is 4.06. The minimum Gasteiger partial charge on any atom is -0.476 e. The number of hydrogen-bond acceptors (Lipinski definition) is 3. The Bertz CT molecular complexity index is 389. The summed E-state index contributed by atoms with van der Waals surface area (Å²) in [6, 6.07) is 3.35. The van der Waals surface area contributed by atoms with Gasteiger partial charge in [0.05, 0.1) is 5.02 Å². The van der Waals surface area contributed by atoms with E-state index in [1.54, 1.807) is 12.1 Å². The van der Waals surface area contributed by atoms with Crippen LogP contribution in [0.1, 0.15) is 23.3 Å². The standard InChI is InChI=1S/C10H11ClN2O2/c11-7-3-4-8(12-9(7)10(14)15)13-5-1-2-6-13/h3-4H,1-2,5-6H2,(H,14,15). The van der Waals surface area contributed by atoms with Crippen molar-refractivity contribution in [3.05, 3.63) is 22.8 Å². The normalized spacial score (nSPS) is 15.7. The molecule has 1 aromatic heterocycles. The third kappa shape index (κ3) is 2.04. The maximum atomic E-state index is 10.8. The van der Waals surface area contributed by atoms with Gasteiger partial charge in [-0.05, 0) is 25.0 Å². The maximum absolute atomic E-state index is 10.8. The van der Waals surface area contributed by atoms with Gasteiger partial charge in [-0.15, -0.1) is 0 Å². The molecule has 15 heavy (non-hydrogen) atoms. The molecule has 0 aromatic carbocycles. The summed E-state index contributed by atoms with van der Waals surface area (Å²) >= 11 is 5.74. The molecule has 5 heteroatoms. The van der Waals surface area contributed by atoms with Crippen molar-refractivity contribution in [2.45, 2.75) is 12.8 Å². The highest BCUT2D eigenvalue weighted by atomic mass is 35.5. The van der Waals surface area contributed by atoms with E-state index in [4.69, 9.17) is 16.7 Å². The Labute approximate surface area is 92.5 Å². The summed E-state index contributed by atoms with van der Waals surface area (Å²) in [5.74, 6) is -0.379. The monoisotopic (exact) mass is 226 g/mol. The van der Waals surface area contributed by atoms with E-state index in [-0.39, 0.29) is 10.7 Å². The third-order valence-electron chi connectivity index (χ3n) is 2.46. The first-order valence-electron chi connectivity index (χ1n) is 4.83. The number of halogens is 1. The van der Waals surface area contributed by atoms with Crippen molar-refractivity contribution in [3.63, 3.8) is 0 Å². The first-order valence-corrected chi connectivity index (χ1v) is 5.21. The molecule has 0 saturated carbocycles. The molecule has 0 amide bonds. The van der Waals surface area contributed by atoms with Crippen LogP contribution in [0.3, 0.4) is 0 Å². The summed E-state index contributed by atoms with van der Waals surface area (Å²) < 4.78 is 0. The number of carboxylic acid groups (broad SMARTS) is 1. The summed E-state index contributed by atoms with van der Waals surface area (Å²) in [4.78, 5) is 16.9. The topological polar surface area (TPSA) is 53.4 Å². The van der Waals surface area contributed by atoms with E-state index in [0.717, 1.165) is 25.9 Å². The van der Waals surface area contributed by atoms with Gasteiger partial charge in [0.2, 0.25) is 0 Å². The van der Waals surface area contributed by atoms with Gasteiger partial charge in [0, 0.05) is 13.1 Å². The highest BCUT2D eigenvalue weighted by Crippen LogP contribution is 2.22. The van der Waals surface area contributed by atoms with Gasteiger partial charge in [-0.3, -0.25) is 0 Å². The number of hydrogen-bond donors (Lipinski definition) is 1. The molecule has 0 atom stereocenters. The summed E-state index contributed by atoms with van der Waals surface area (Å²) in [5.41, 5.74) is -0.0685. The van der Waals surface area contributed by atoms with E-state index in [9.17, 15) is 4.79 Å². The minimum atomic E-state index is -1.08. The van der Waals surface area contributed by atoms with Crippen LogP contribution in [0.5, 0.6) is 0 Å². The molecule has 1 N–H and O–H groups in total. The fraction of sp³-hybridized carbons (Fsp3) is 0.400. The smallest absolute Gasteiger partial charge is 0.356 e. The van der Waals surface area contributed by atoms with Gasteiger partial charge < -0.3 is 10.0 Å². The van der Waals surface area contributed by atoms with E-state index in [1.807, 2.05) is 0 Å². The van der Waals surface area contributed by atoms with Crippen molar-refractivity contribution in [2.24, 2.45) is 0 Å². The molecule has 0 radical (unpaired) electrons. The summed E-state index contributed by atoms with van der Waals surface area (Å²) in [7, 11) is 0. The number of aromatic nitrogens is 1. The Balaban J connectivity index is 2.33. The summed E-state index contributed by atoms with van der Waals surface area (Å²) in [5, 5.41) is 9.05. The molecule has 1 aromatic rings. The van der Waals surface area contributed by atoms with E-state index in [1.165, 1.54) is 0 Å². The maximum Gasteiger partial charge on any atom is 0.356 e. The Hall–Kier alpha value is -1.29. The number of pyridine rings is 1. The van der Waals surface area contributed by atoms with Crippen LogP contribution in [0.4, 0.5) is 5.82 Å². The first kappa shape index (κ1) is 10.2. The van der Waals surface area contributed by atoms with Crippen molar-refractivity contribution in [1.82, 2.24) is 4.98 Å². The van der Waals surface area contributed by atoms with Crippen molar-refractivity contribution < 1.29 is 9.90 Å². The van der Waals surface area contributed by atoms with Crippen molar-refractivity contribution in [3.8, 4) is 0 Å². The number of carboxylic acids is 1. The van der Waals surface area contributed by atoms with E-state index >= 15 is 0 Å². The van der Waals surface area contributed by atoms with Crippen LogP contribution in [-0.4, -0.2) is 29.1 Å². The van der Waals surface area contributed by atoms with E-state index in [2.05, 4.69) is 9.88 Å². The average Bonchev–Trinajstić information content (AvgIpc) is 2.71. The Morgan fingerprint density at radius 3 is 2.67 bits per heavy atom. The zero-order chi connectivity index (χ0) is 10.8. The Kier molecular flexibility index (Phi) is 2.77. The van der Waals surface area contributed by atoms with Crippen molar-refractivity contribution in [1.29, 1.82) is 0 Å². The molecular formula is C10H11ClN2O2. The number of rotatable bonds is 2. The zero-order valence-electron chi connectivity index (χ0n) is 8.11. The third-order valence-corrected chi connectivity index (χ3v) is 2.77. The lowest BCUT2D eigenvalue weighted by atomic mass is 10.3. The van der Waals surface area contributed by atoms with E-state index in [0.29, 0.717) is 5.82 Å². The van der Waals surface area contributed by atoms with Crippen LogP contribution in [0.25, 0.3) is 0 Å². The fourth-order valence-corrected chi connectivity index (χ4v) is 1.89. The lowest BCUT2D eigenvalue weighted by molar-refractivity contribution is 0.0691. The van der Waals surface area contributed by atoms with Crippen LogP contribution in [0, 0.1) is 0 Å². The first-order chi connectivity index (χ1) is 7.18. The zero-order valence-corrected chi connectivity index (χ0v) is 8.87. The van der Waals surface area contributed by atoms with Gasteiger partial charge in [-0.1, -0.05) is 11.6 Å². The Morgan fingerprint density at radius 2 is 2.07 bits per heavy atom. The van der Waals surface area contributed by atoms with E-state index < -0.39 is 5.97 Å². The summed E-state index contributed by atoms with van der Waals surface area (Å²) in [6.07, 6.45) is 2.26. The highest BCUT2D eigenvalue weighted by Gasteiger charge is 2.17. The molecule has 0 unspecified atom stereocenters. The Morgan fingerprint density at radius 1 is 1.40 bits per heavy atom. The van der Waals surface area contributed by atoms with Crippen LogP contribution >= 0.6 is 11.6 Å². The van der Waals surface area contributed by atoms with Gasteiger partial charge in [0.15, 0.2) is 5.69 Å². The molecule has 1 fully saturated rings. The number of carbonyl (C=O) groups is 1. The fourth-order valence-electron chi connectivity index (χ4n) is 1.70. The van der Waals surface area contributed by atoms with Crippen LogP contribution < -0.4 is 4.90 Å². The van der Waals surface area contributed by atoms with Crippen LogP contribution in [-0.2, 0) is 0 Å². The average molecular weight is 227 g/mol. The molecule has 2 rings (SSSR count). The predicted octanol–water partition coefficient (Wildman–Crippen LogP) is 2.03. The van der Waals surface area contributed by atoms with Crippen LogP contribution in [0.15, 0.2) is 12.1 Å². The molecule has 0 aliphatic carbocycles. The lowest BCUT2D eigenvalue weighted by Crippen LogP contribution is -2.20. The van der Waals surface area contributed by atoms with Crippen molar-refractivity contribution >= 4 is 23.4 Å². The van der Waals surface area contributed by atoms with Gasteiger partial charge in [0.25, 0.3) is 0 Å². The summed E-state index contributed by atoms with van der Waals surface area (Å²) in [6.45, 7) is 1.88. The predicted molar refractivity (Wildman–Crippen MR) is 57.7 cm³/mol. The van der Waals surface area contributed by atoms with Crippen molar-refractivity contribution in [2.75, 3.05) is 18.0 Å². The second-order valence-electron chi connectivity index (χ2n) is 3.50. The largest absolute Gasteiger partial charge is 0.476 e. The van der Waals surface area contributed by atoms with Gasteiger partial charge in [0.1, 0.15) is 5.82 Å². The lowest BCUT2D eigenvalue weighted by Gasteiger charge is -2.16. The van der Waals surface area contributed by atoms with Gasteiger partial charge in [-0.25, -0.2) is 9.78 Å². The number of nitrogens with zero attached hydrogens (tertiary/aromatic N) is 2. The molecular weight excluding hydrogens is 216 g/mol. The van der Waals surface area contributed by atoms with Gasteiger partial charge in [-0.2, -0.15) is 0 Å². The van der Waals surface area contributed by atoms with Gasteiger partial charge >= 0.3 is 5.97 Å². The SMILES string of the molecule is O=C(O)c1nc(N2CCCC2)ccc1Cl. The number of anilines is 1. The molecule has 1 saturated heterocycles. The highest BCUT2D eigenvalue weighted by molar-refractivity contribution is 6.33. The molecule has 1 aliphatic rings. The molecule has 0 bridgehead atoms. The molecule has 2 heterocycles. The quantitative estimate of drug-likeness (QED) is 0.839. The molecule has 0 spiro atoms. The second-order valence-corrected chi connectivity index (χ2v) is 3.91. The molecule has 1 aliphatic heterocycles. The molecule has 4 nitrogen and oxygen atoms in total. The minimum absolute atomic E-state index is 0.0685. The number of aromatic carboxylic acids is 1.